The highest BCUT2D eigenvalue weighted by molar-refractivity contribution is 5.96. The summed E-state index contributed by atoms with van der Waals surface area (Å²) in [5, 5.41) is 0. The van der Waals surface area contributed by atoms with E-state index in [1.807, 2.05) is 71.3 Å². The highest BCUT2D eigenvalue weighted by atomic mass is 35.5. The zero-order valence-electron chi connectivity index (χ0n) is 20.7. The minimum absolute atomic E-state index is 0. The van der Waals surface area contributed by atoms with Crippen molar-refractivity contribution in [3.05, 3.63) is 89.7 Å². The van der Waals surface area contributed by atoms with Crippen LogP contribution in [0.3, 0.4) is 0 Å². The van der Waals surface area contributed by atoms with E-state index in [4.69, 9.17) is 0 Å². The van der Waals surface area contributed by atoms with Crippen molar-refractivity contribution in [1.82, 2.24) is 9.80 Å². The molecule has 4 rings (SSSR count). The zero-order valence-corrected chi connectivity index (χ0v) is 21.5. The zero-order chi connectivity index (χ0) is 26.6. The molecule has 1 amide bonds. The Kier molecular flexibility index (Phi) is 9.51. The second kappa shape index (κ2) is 12.4. The molecule has 202 valence electrons. The van der Waals surface area contributed by atoms with Crippen LogP contribution in [0, 0.1) is 5.82 Å². The van der Waals surface area contributed by atoms with E-state index in [-0.39, 0.29) is 38.6 Å². The molecule has 0 aromatic heterocycles. The fourth-order valence-electron chi connectivity index (χ4n) is 4.66. The van der Waals surface area contributed by atoms with Crippen molar-refractivity contribution < 1.29 is 27.2 Å². The third-order valence-corrected chi connectivity index (χ3v) is 6.58. The number of carbonyl (C=O) groups is 2. The number of benzene rings is 3. The molecule has 1 unspecified atom stereocenters. The average Bonchev–Trinajstić information content (AvgIpc) is 2.91. The van der Waals surface area contributed by atoms with Gasteiger partial charge in [-0.05, 0) is 48.4 Å². The molecule has 3 aromatic carbocycles. The first-order valence-electron chi connectivity index (χ1n) is 12.0. The van der Waals surface area contributed by atoms with Gasteiger partial charge in [0.25, 0.3) is 5.91 Å². The lowest BCUT2D eigenvalue weighted by atomic mass is 10.0. The Morgan fingerprint density at radius 3 is 2.11 bits per heavy atom. The lowest BCUT2D eigenvalue weighted by Crippen LogP contribution is -2.57. The van der Waals surface area contributed by atoms with Crippen LogP contribution in [0.5, 0.6) is 0 Å². The van der Waals surface area contributed by atoms with E-state index in [1.54, 1.807) is 0 Å². The Morgan fingerprint density at radius 2 is 1.55 bits per heavy atom. The normalized spacial score (nSPS) is 14.9. The first-order valence-corrected chi connectivity index (χ1v) is 12.0. The van der Waals surface area contributed by atoms with E-state index in [0.29, 0.717) is 24.7 Å². The minimum Gasteiger partial charge on any atom is -0.350 e. The van der Waals surface area contributed by atoms with Crippen molar-refractivity contribution >= 4 is 30.3 Å². The van der Waals surface area contributed by atoms with E-state index in [2.05, 4.69) is 0 Å². The Bertz CT molecular complexity index is 1230. The van der Waals surface area contributed by atoms with Crippen LogP contribution in [0.25, 0.3) is 11.1 Å². The minimum atomic E-state index is -4.78. The number of alkyl halides is 3. The smallest absolute Gasteiger partial charge is 0.350 e. The predicted molar refractivity (Wildman–Crippen MR) is 141 cm³/mol. The molecule has 3 aromatic rings. The number of amides is 1. The van der Waals surface area contributed by atoms with Crippen molar-refractivity contribution in [2.45, 2.75) is 19.3 Å². The van der Waals surface area contributed by atoms with Crippen LogP contribution in [-0.2, 0) is 11.0 Å². The summed E-state index contributed by atoms with van der Waals surface area (Å²) in [6, 6.07) is 19.7. The van der Waals surface area contributed by atoms with Crippen LogP contribution in [0.15, 0.2) is 72.8 Å². The van der Waals surface area contributed by atoms with Crippen LogP contribution in [-0.4, -0.2) is 60.9 Å². The lowest BCUT2D eigenvalue weighted by Gasteiger charge is -2.42. The lowest BCUT2D eigenvalue weighted by molar-refractivity contribution is -0.138. The maximum absolute atomic E-state index is 13.7. The molecule has 0 N–H and O–H groups in total. The summed E-state index contributed by atoms with van der Waals surface area (Å²) in [5.41, 5.74) is 1.11. The van der Waals surface area contributed by atoms with Gasteiger partial charge >= 0.3 is 6.18 Å². The maximum Gasteiger partial charge on any atom is 0.417 e. The van der Waals surface area contributed by atoms with Crippen molar-refractivity contribution in [2.75, 3.05) is 37.6 Å². The van der Waals surface area contributed by atoms with Crippen LogP contribution >= 0.6 is 12.4 Å². The second-order valence-electron chi connectivity index (χ2n) is 8.76. The molecule has 1 aliphatic heterocycles. The summed E-state index contributed by atoms with van der Waals surface area (Å²) in [5.74, 6) is -1.79. The van der Waals surface area contributed by atoms with E-state index < -0.39 is 35.2 Å². The Morgan fingerprint density at radius 1 is 0.947 bits per heavy atom. The molecule has 1 heterocycles. The molecular weight excluding hydrogens is 522 g/mol. The molecule has 0 saturated carbocycles. The average molecular weight is 550 g/mol. The molecule has 1 fully saturated rings. The van der Waals surface area contributed by atoms with Crippen molar-refractivity contribution in [1.29, 1.82) is 0 Å². The number of piperazine rings is 1. The molecular formula is C28H28ClF4N3O2. The monoisotopic (exact) mass is 549 g/mol. The molecule has 0 radical (unpaired) electrons. The molecule has 0 spiro atoms. The van der Waals surface area contributed by atoms with E-state index in [9.17, 15) is 27.2 Å². The van der Waals surface area contributed by atoms with Crippen molar-refractivity contribution in [3.63, 3.8) is 0 Å². The highest BCUT2D eigenvalue weighted by Gasteiger charge is 2.37. The van der Waals surface area contributed by atoms with E-state index in [0.717, 1.165) is 23.1 Å². The number of halogens is 5. The van der Waals surface area contributed by atoms with Gasteiger partial charge in [0, 0.05) is 38.4 Å². The molecule has 0 bridgehead atoms. The number of hydrogen-bond donors (Lipinski definition) is 0. The summed E-state index contributed by atoms with van der Waals surface area (Å²) >= 11 is 0. The van der Waals surface area contributed by atoms with Gasteiger partial charge in [-0.3, -0.25) is 14.5 Å². The van der Waals surface area contributed by atoms with Crippen LogP contribution in [0.4, 0.5) is 23.2 Å². The summed E-state index contributed by atoms with van der Waals surface area (Å²) < 4.78 is 53.9. The van der Waals surface area contributed by atoms with Gasteiger partial charge in [-0.2, -0.15) is 13.2 Å². The number of anilines is 1. The number of nitrogens with zero attached hydrogens (tertiary/aromatic N) is 3. The molecule has 38 heavy (non-hydrogen) atoms. The van der Waals surface area contributed by atoms with Gasteiger partial charge in [0.2, 0.25) is 0 Å². The number of carbonyl (C=O) groups excluding carboxylic acids is 2. The molecule has 1 saturated heterocycles. The van der Waals surface area contributed by atoms with Gasteiger partial charge in [-0.1, -0.05) is 42.5 Å². The Balaban J connectivity index is 0.00000400. The van der Waals surface area contributed by atoms with Crippen molar-refractivity contribution in [3.8, 4) is 11.1 Å². The van der Waals surface area contributed by atoms with Gasteiger partial charge in [-0.15, -0.1) is 12.4 Å². The SMILES string of the molecule is CCN(c1ccc(-c2ccccc2)cc1)C(C=O)N1CCN(C(=O)c2cc(F)ccc2C(F)(F)F)CC1.Cl. The van der Waals surface area contributed by atoms with Gasteiger partial charge in [0.05, 0.1) is 11.1 Å². The summed E-state index contributed by atoms with van der Waals surface area (Å²) in [6.07, 6.45) is -4.55. The molecule has 5 nitrogen and oxygen atoms in total. The maximum atomic E-state index is 13.7. The number of likely N-dealkylation sites (N-methyl/N-ethyl adjacent to an activating group) is 1. The first-order chi connectivity index (χ1) is 17.7. The summed E-state index contributed by atoms with van der Waals surface area (Å²) in [4.78, 5) is 30.2. The number of rotatable bonds is 7. The largest absolute Gasteiger partial charge is 0.417 e. The standard InChI is InChI=1S/C28H27F4N3O2.ClH/c1-2-35(23-11-8-21(9-12-23)20-6-4-3-5-7-20)26(19-36)33-14-16-34(17-15-33)27(37)24-18-22(29)10-13-25(24)28(30,31)32;/h3-13,18-19,26H,2,14-17H2,1H3;1H. The second-order valence-corrected chi connectivity index (χ2v) is 8.76. The predicted octanol–water partition coefficient (Wildman–Crippen LogP) is 5.74. The molecule has 1 atom stereocenters. The summed E-state index contributed by atoms with van der Waals surface area (Å²) in [6.45, 7) is 3.27. The molecule has 0 aliphatic carbocycles. The quantitative estimate of drug-likeness (QED) is 0.278. The van der Waals surface area contributed by atoms with Crippen LogP contribution in [0.1, 0.15) is 22.8 Å². The number of hydrogen-bond acceptors (Lipinski definition) is 4. The third kappa shape index (κ3) is 6.34. The van der Waals surface area contributed by atoms with Gasteiger partial charge in [0.1, 0.15) is 12.0 Å². The van der Waals surface area contributed by atoms with E-state index in [1.165, 1.54) is 4.90 Å². The van der Waals surface area contributed by atoms with Crippen LogP contribution < -0.4 is 4.90 Å². The fourth-order valence-corrected chi connectivity index (χ4v) is 4.66. The topological polar surface area (TPSA) is 43.9 Å². The molecule has 1 aliphatic rings. The van der Waals surface area contributed by atoms with Gasteiger partial charge < -0.3 is 9.80 Å². The highest BCUT2D eigenvalue weighted by Crippen LogP contribution is 2.33. The van der Waals surface area contributed by atoms with Crippen molar-refractivity contribution in [2.24, 2.45) is 0 Å². The summed E-state index contributed by atoms with van der Waals surface area (Å²) in [7, 11) is 0. The van der Waals surface area contributed by atoms with Crippen LogP contribution in [0.2, 0.25) is 0 Å². The third-order valence-electron chi connectivity index (χ3n) is 6.58. The van der Waals surface area contributed by atoms with E-state index >= 15 is 0 Å². The fraction of sp³-hybridized carbons (Fsp3) is 0.286. The number of aldehydes is 1. The Labute approximate surface area is 225 Å². The molecule has 10 heteroatoms. The van der Waals surface area contributed by atoms with Gasteiger partial charge in [-0.25, -0.2) is 4.39 Å². The van der Waals surface area contributed by atoms with Gasteiger partial charge in [0.15, 0.2) is 6.29 Å². The first kappa shape index (κ1) is 29.1. The Hall–Kier alpha value is -3.43.